The van der Waals surface area contributed by atoms with Crippen LogP contribution in [0.2, 0.25) is 0 Å². The van der Waals surface area contributed by atoms with Crippen LogP contribution in [0.4, 0.5) is 19.3 Å². The van der Waals surface area contributed by atoms with Crippen LogP contribution in [0.1, 0.15) is 6.42 Å². The maximum Gasteiger partial charge on any atom is 0.341 e. The van der Waals surface area contributed by atoms with Crippen LogP contribution in [-0.2, 0) is 9.59 Å². The summed E-state index contributed by atoms with van der Waals surface area (Å²) in [6.07, 6.45) is -0.0376. The number of ether oxygens (including phenoxy) is 1. The number of urea groups is 1. The highest BCUT2D eigenvalue weighted by atomic mass is 19.1. The van der Waals surface area contributed by atoms with E-state index < -0.39 is 41.9 Å². The number of rotatable bonds is 4. The van der Waals surface area contributed by atoms with E-state index in [0.717, 1.165) is 4.90 Å². The lowest BCUT2D eigenvalue weighted by atomic mass is 10.2. The lowest BCUT2D eigenvalue weighted by Crippen LogP contribution is -2.49. The summed E-state index contributed by atoms with van der Waals surface area (Å²) in [5.74, 6) is -4.41. The van der Waals surface area contributed by atoms with Crippen molar-refractivity contribution in [2.45, 2.75) is 6.42 Å². The highest BCUT2D eigenvalue weighted by molar-refractivity contribution is 6.05. The van der Waals surface area contributed by atoms with Gasteiger partial charge in [0.25, 0.3) is 0 Å². The second kappa shape index (κ2) is 5.73. The Kier molecular flexibility index (Phi) is 4.01. The highest BCUT2D eigenvalue weighted by Crippen LogP contribution is 2.28. The third-order valence-electron chi connectivity index (χ3n) is 2.70. The number of halogens is 2. The van der Waals surface area contributed by atoms with Crippen molar-refractivity contribution in [1.82, 2.24) is 5.32 Å². The number of amides is 3. The van der Waals surface area contributed by atoms with Crippen molar-refractivity contribution in [3.63, 3.8) is 0 Å². The van der Waals surface area contributed by atoms with Gasteiger partial charge in [0.15, 0.2) is 24.0 Å². The molecule has 0 aliphatic carbocycles. The molecule has 1 aromatic rings. The molecule has 7 nitrogen and oxygen atoms in total. The van der Waals surface area contributed by atoms with Crippen molar-refractivity contribution in [3.8, 4) is 5.75 Å². The average molecular weight is 300 g/mol. The van der Waals surface area contributed by atoms with Gasteiger partial charge in [0.1, 0.15) is 0 Å². The summed E-state index contributed by atoms with van der Waals surface area (Å²) in [5, 5.41) is 10.4. The molecule has 1 aliphatic rings. The molecular weight excluding hydrogens is 290 g/mol. The van der Waals surface area contributed by atoms with Gasteiger partial charge in [-0.15, -0.1) is 0 Å². The van der Waals surface area contributed by atoms with E-state index in [2.05, 4.69) is 4.74 Å². The normalized spacial score (nSPS) is 14.9. The Morgan fingerprint density at radius 1 is 1.33 bits per heavy atom. The van der Waals surface area contributed by atoms with E-state index >= 15 is 0 Å². The van der Waals surface area contributed by atoms with Crippen molar-refractivity contribution in [1.29, 1.82) is 0 Å². The van der Waals surface area contributed by atoms with Crippen LogP contribution in [-0.4, -0.2) is 36.2 Å². The molecule has 1 aromatic carbocycles. The molecular formula is C12H10F2N2O5. The Morgan fingerprint density at radius 3 is 2.67 bits per heavy atom. The van der Waals surface area contributed by atoms with E-state index in [-0.39, 0.29) is 18.7 Å². The fourth-order valence-corrected chi connectivity index (χ4v) is 1.77. The fourth-order valence-electron chi connectivity index (χ4n) is 1.77. The SMILES string of the molecule is O=C(O)COc1cc(F)c(N2CCC(=O)NC2=O)cc1F. The molecule has 0 aromatic heterocycles. The number of imide groups is 1. The van der Waals surface area contributed by atoms with Crippen LogP contribution in [0.5, 0.6) is 5.75 Å². The minimum atomic E-state index is -1.34. The zero-order valence-corrected chi connectivity index (χ0v) is 10.6. The molecule has 21 heavy (non-hydrogen) atoms. The van der Waals surface area contributed by atoms with E-state index in [4.69, 9.17) is 5.11 Å². The van der Waals surface area contributed by atoms with Gasteiger partial charge in [0.2, 0.25) is 5.91 Å². The monoisotopic (exact) mass is 300 g/mol. The lowest BCUT2D eigenvalue weighted by Gasteiger charge is -2.27. The van der Waals surface area contributed by atoms with E-state index in [1.54, 1.807) is 0 Å². The minimum Gasteiger partial charge on any atom is -0.479 e. The van der Waals surface area contributed by atoms with Gasteiger partial charge >= 0.3 is 12.0 Å². The molecule has 0 atom stereocenters. The second-order valence-corrected chi connectivity index (χ2v) is 4.17. The molecule has 9 heteroatoms. The number of nitrogens with zero attached hydrogens (tertiary/aromatic N) is 1. The largest absolute Gasteiger partial charge is 0.479 e. The van der Waals surface area contributed by atoms with Gasteiger partial charge in [-0.05, 0) is 0 Å². The molecule has 1 heterocycles. The van der Waals surface area contributed by atoms with Gasteiger partial charge < -0.3 is 9.84 Å². The van der Waals surface area contributed by atoms with Crippen molar-refractivity contribution >= 4 is 23.6 Å². The Hall–Kier alpha value is -2.71. The Morgan fingerprint density at radius 2 is 2.05 bits per heavy atom. The average Bonchev–Trinajstić information content (AvgIpc) is 2.40. The van der Waals surface area contributed by atoms with Crippen LogP contribution in [0.25, 0.3) is 0 Å². The summed E-state index contributed by atoms with van der Waals surface area (Å²) < 4.78 is 32.2. The first-order chi connectivity index (χ1) is 9.88. The highest BCUT2D eigenvalue weighted by Gasteiger charge is 2.27. The van der Waals surface area contributed by atoms with Crippen LogP contribution < -0.4 is 15.0 Å². The van der Waals surface area contributed by atoms with Crippen LogP contribution >= 0.6 is 0 Å². The van der Waals surface area contributed by atoms with Crippen LogP contribution in [0, 0.1) is 11.6 Å². The van der Waals surface area contributed by atoms with Gasteiger partial charge in [-0.1, -0.05) is 0 Å². The number of carbonyl (C=O) groups is 3. The number of carboxylic acids is 1. The van der Waals surface area contributed by atoms with Gasteiger partial charge in [-0.3, -0.25) is 15.0 Å². The molecule has 1 fully saturated rings. The Bertz CT molecular complexity index is 620. The smallest absolute Gasteiger partial charge is 0.341 e. The summed E-state index contributed by atoms with van der Waals surface area (Å²) in [6.45, 7) is -0.912. The van der Waals surface area contributed by atoms with Gasteiger partial charge in [0, 0.05) is 25.1 Å². The molecule has 2 rings (SSSR count). The number of anilines is 1. The summed E-state index contributed by atoms with van der Waals surface area (Å²) in [7, 11) is 0. The summed E-state index contributed by atoms with van der Waals surface area (Å²) in [5.41, 5.74) is -0.361. The molecule has 2 N–H and O–H groups in total. The predicted molar refractivity (Wildman–Crippen MR) is 65.0 cm³/mol. The maximum atomic E-state index is 13.9. The minimum absolute atomic E-state index is 0.0376. The summed E-state index contributed by atoms with van der Waals surface area (Å²) >= 11 is 0. The van der Waals surface area contributed by atoms with Crippen LogP contribution in [0.15, 0.2) is 12.1 Å². The predicted octanol–water partition coefficient (Wildman–Crippen LogP) is 0.874. The molecule has 1 saturated heterocycles. The van der Waals surface area contributed by atoms with Gasteiger partial charge in [0.05, 0.1) is 5.69 Å². The first kappa shape index (κ1) is 14.7. The number of benzene rings is 1. The molecule has 112 valence electrons. The third kappa shape index (κ3) is 3.25. The molecule has 0 saturated carbocycles. The quantitative estimate of drug-likeness (QED) is 0.860. The molecule has 1 aliphatic heterocycles. The number of hydrogen-bond acceptors (Lipinski definition) is 4. The second-order valence-electron chi connectivity index (χ2n) is 4.17. The number of carbonyl (C=O) groups excluding carboxylic acids is 2. The van der Waals surface area contributed by atoms with Gasteiger partial charge in [-0.25, -0.2) is 18.4 Å². The van der Waals surface area contributed by atoms with E-state index in [1.807, 2.05) is 5.32 Å². The molecule has 0 spiro atoms. The summed E-state index contributed by atoms with van der Waals surface area (Å²) in [6, 6.07) is 0.503. The third-order valence-corrected chi connectivity index (χ3v) is 2.70. The molecule has 0 radical (unpaired) electrons. The topological polar surface area (TPSA) is 95.9 Å². The van der Waals surface area contributed by atoms with Gasteiger partial charge in [-0.2, -0.15) is 0 Å². The molecule has 0 bridgehead atoms. The van der Waals surface area contributed by atoms with Crippen molar-refractivity contribution in [3.05, 3.63) is 23.8 Å². The number of aliphatic carboxylic acids is 1. The first-order valence-corrected chi connectivity index (χ1v) is 5.83. The lowest BCUT2D eigenvalue weighted by molar-refractivity contribution is -0.139. The van der Waals surface area contributed by atoms with Crippen LogP contribution in [0.3, 0.4) is 0 Å². The zero-order chi connectivity index (χ0) is 15.6. The number of hydrogen-bond donors (Lipinski definition) is 2. The number of carboxylic acid groups (broad SMARTS) is 1. The Labute approximate surface area is 117 Å². The fraction of sp³-hybridized carbons (Fsp3) is 0.250. The van der Waals surface area contributed by atoms with E-state index in [1.165, 1.54) is 0 Å². The van der Waals surface area contributed by atoms with E-state index in [9.17, 15) is 23.2 Å². The van der Waals surface area contributed by atoms with Crippen molar-refractivity contribution in [2.24, 2.45) is 0 Å². The van der Waals surface area contributed by atoms with E-state index in [0.29, 0.717) is 12.1 Å². The molecule has 3 amide bonds. The molecule has 0 unspecified atom stereocenters. The Balaban J connectivity index is 2.25. The summed E-state index contributed by atoms with van der Waals surface area (Å²) in [4.78, 5) is 33.8. The zero-order valence-electron chi connectivity index (χ0n) is 10.6. The first-order valence-electron chi connectivity index (χ1n) is 5.83. The maximum absolute atomic E-state index is 13.9. The van der Waals surface area contributed by atoms with Crippen molar-refractivity contribution in [2.75, 3.05) is 18.1 Å². The standard InChI is InChI=1S/C12H10F2N2O5/c13-6-4-9(21-5-11(18)19)7(14)3-8(6)16-2-1-10(17)15-12(16)20/h3-4H,1-2,5H2,(H,18,19)(H,15,17,20). The van der Waals surface area contributed by atoms with Crippen molar-refractivity contribution < 1.29 is 33.0 Å². The number of nitrogens with one attached hydrogen (secondary N) is 1.